The number of aromatic nitrogens is 2. The number of thiophene rings is 1. The highest BCUT2D eigenvalue weighted by molar-refractivity contribution is 7.18. The lowest BCUT2D eigenvalue weighted by Gasteiger charge is -2.22. The van der Waals surface area contributed by atoms with Crippen LogP contribution < -0.4 is 9.64 Å². The lowest BCUT2D eigenvalue weighted by Crippen LogP contribution is -2.39. The van der Waals surface area contributed by atoms with Gasteiger partial charge in [0.15, 0.2) is 6.61 Å². The third-order valence-corrected chi connectivity index (χ3v) is 6.72. The van der Waals surface area contributed by atoms with Crippen molar-refractivity contribution in [2.75, 3.05) is 11.5 Å². The molecule has 138 valence electrons. The highest BCUT2D eigenvalue weighted by Crippen LogP contribution is 2.39. The minimum absolute atomic E-state index is 0.00456. The molecule has 6 heteroatoms. The summed E-state index contributed by atoms with van der Waals surface area (Å²) in [5.74, 6) is 0.524. The Morgan fingerprint density at radius 1 is 1.26 bits per heavy atom. The molecule has 0 fully saturated rings. The van der Waals surface area contributed by atoms with E-state index in [1.165, 1.54) is 35.2 Å². The summed E-state index contributed by atoms with van der Waals surface area (Å²) < 4.78 is 5.95. The number of aryl methyl sites for hydroxylation is 2. The van der Waals surface area contributed by atoms with Gasteiger partial charge in [0.1, 0.15) is 11.2 Å². The van der Waals surface area contributed by atoms with Crippen molar-refractivity contribution < 1.29 is 9.53 Å². The summed E-state index contributed by atoms with van der Waals surface area (Å²) in [6, 6.07) is 8.25. The molecule has 0 radical (unpaired) electrons. The van der Waals surface area contributed by atoms with Gasteiger partial charge in [-0.1, -0.05) is 18.2 Å². The van der Waals surface area contributed by atoms with Crippen LogP contribution >= 0.6 is 11.3 Å². The molecule has 3 heterocycles. The van der Waals surface area contributed by atoms with E-state index in [4.69, 9.17) is 4.74 Å². The number of hydrogen-bond donors (Lipinski definition) is 0. The smallest absolute Gasteiger partial charge is 0.265 e. The normalized spacial score (nSPS) is 18.4. The van der Waals surface area contributed by atoms with E-state index in [-0.39, 0.29) is 18.6 Å². The minimum Gasteiger partial charge on any atom is -0.467 e. The molecule has 0 saturated heterocycles. The second kappa shape index (κ2) is 6.60. The number of hydrogen-bond acceptors (Lipinski definition) is 5. The molecular weight excluding hydrogens is 358 g/mol. The second-order valence-corrected chi connectivity index (χ2v) is 8.39. The number of anilines is 1. The van der Waals surface area contributed by atoms with E-state index in [0.29, 0.717) is 5.88 Å². The summed E-state index contributed by atoms with van der Waals surface area (Å²) in [5.41, 5.74) is 3.54. The molecule has 0 N–H and O–H groups in total. The maximum Gasteiger partial charge on any atom is 0.265 e. The Kier molecular flexibility index (Phi) is 4.08. The average molecular weight is 379 g/mol. The molecule has 0 unspecified atom stereocenters. The molecular formula is C21H21N3O2S. The van der Waals surface area contributed by atoms with E-state index < -0.39 is 0 Å². The van der Waals surface area contributed by atoms with Gasteiger partial charge in [0.2, 0.25) is 5.88 Å². The number of carbonyl (C=O) groups excluding carboxylic acids is 1. The molecule has 2 aromatic heterocycles. The van der Waals surface area contributed by atoms with E-state index in [9.17, 15) is 4.79 Å². The molecule has 0 spiro atoms. The first-order chi connectivity index (χ1) is 13.2. The van der Waals surface area contributed by atoms with Gasteiger partial charge >= 0.3 is 0 Å². The number of benzene rings is 1. The second-order valence-electron chi connectivity index (χ2n) is 7.30. The van der Waals surface area contributed by atoms with E-state index in [1.807, 2.05) is 23.1 Å². The number of carbonyl (C=O) groups is 1. The highest BCUT2D eigenvalue weighted by atomic mass is 32.1. The lowest BCUT2D eigenvalue weighted by molar-refractivity contribution is -0.120. The summed E-state index contributed by atoms with van der Waals surface area (Å²) in [6.45, 7) is 2.07. The molecule has 27 heavy (non-hydrogen) atoms. The fourth-order valence-electron chi connectivity index (χ4n) is 4.32. The lowest BCUT2D eigenvalue weighted by atomic mass is 9.97. The molecule has 0 bridgehead atoms. The van der Waals surface area contributed by atoms with E-state index >= 15 is 0 Å². The van der Waals surface area contributed by atoms with Crippen LogP contribution in [0.3, 0.4) is 0 Å². The van der Waals surface area contributed by atoms with Crippen LogP contribution in [0.4, 0.5) is 5.69 Å². The summed E-state index contributed by atoms with van der Waals surface area (Å²) in [7, 11) is 0. The maximum atomic E-state index is 12.9. The van der Waals surface area contributed by atoms with Crippen LogP contribution in [-0.2, 0) is 24.1 Å². The van der Waals surface area contributed by atoms with Crippen molar-refractivity contribution in [1.82, 2.24) is 9.97 Å². The van der Waals surface area contributed by atoms with Gasteiger partial charge in [-0.2, -0.15) is 0 Å². The SMILES string of the molecule is C[C@H]1Cc2ccccc2N1C(=O)COc1ncnc2sc3c(c12)CCCC3. The van der Waals surface area contributed by atoms with Crippen molar-refractivity contribution >= 4 is 33.1 Å². The zero-order chi connectivity index (χ0) is 18.4. The maximum absolute atomic E-state index is 12.9. The standard InChI is InChI=1S/C21H21N3O2S/c1-13-10-14-6-2-4-8-16(14)24(13)18(25)11-26-20-19-15-7-3-5-9-17(15)27-21(19)23-12-22-20/h2,4,6,8,12-13H,3,5,7,9-11H2,1H3/t13-/m0/s1. The Morgan fingerprint density at radius 3 is 3.04 bits per heavy atom. The summed E-state index contributed by atoms with van der Waals surface area (Å²) in [6.07, 6.45) is 7.00. The van der Waals surface area contributed by atoms with Crippen LogP contribution in [0.1, 0.15) is 35.8 Å². The van der Waals surface area contributed by atoms with Crippen LogP contribution in [-0.4, -0.2) is 28.5 Å². The first kappa shape index (κ1) is 16.7. The topological polar surface area (TPSA) is 55.3 Å². The van der Waals surface area contributed by atoms with Gasteiger partial charge in [-0.3, -0.25) is 4.79 Å². The molecule has 1 aliphatic heterocycles. The van der Waals surface area contributed by atoms with Crippen LogP contribution in [0.2, 0.25) is 0 Å². The zero-order valence-corrected chi connectivity index (χ0v) is 16.1. The number of ether oxygens (including phenoxy) is 1. The number of fused-ring (bicyclic) bond motifs is 4. The number of para-hydroxylation sites is 1. The zero-order valence-electron chi connectivity index (χ0n) is 15.3. The van der Waals surface area contributed by atoms with Crippen molar-refractivity contribution in [3.8, 4) is 5.88 Å². The minimum atomic E-state index is -0.0247. The molecule has 1 atom stereocenters. The van der Waals surface area contributed by atoms with Crippen molar-refractivity contribution in [3.05, 3.63) is 46.6 Å². The first-order valence-electron chi connectivity index (χ1n) is 9.50. The predicted molar refractivity (Wildman–Crippen MR) is 107 cm³/mol. The highest BCUT2D eigenvalue weighted by Gasteiger charge is 2.31. The molecule has 1 aromatic carbocycles. The van der Waals surface area contributed by atoms with Crippen molar-refractivity contribution in [1.29, 1.82) is 0 Å². The van der Waals surface area contributed by atoms with Gasteiger partial charge in [-0.25, -0.2) is 9.97 Å². The Bertz CT molecular complexity index is 1030. The van der Waals surface area contributed by atoms with Gasteiger partial charge in [0.05, 0.1) is 5.39 Å². The molecule has 5 nitrogen and oxygen atoms in total. The summed E-state index contributed by atoms with van der Waals surface area (Å²) in [4.78, 5) is 25.9. The third kappa shape index (κ3) is 2.79. The first-order valence-corrected chi connectivity index (χ1v) is 10.3. The van der Waals surface area contributed by atoms with Gasteiger partial charge in [0.25, 0.3) is 5.91 Å². The van der Waals surface area contributed by atoms with Crippen LogP contribution in [0.25, 0.3) is 10.2 Å². The summed E-state index contributed by atoms with van der Waals surface area (Å²) in [5, 5.41) is 1.01. The largest absolute Gasteiger partial charge is 0.467 e. The molecule has 1 amide bonds. The van der Waals surface area contributed by atoms with Gasteiger partial charge in [-0.05, 0) is 56.2 Å². The van der Waals surface area contributed by atoms with Gasteiger partial charge in [0, 0.05) is 16.6 Å². The number of amides is 1. The van der Waals surface area contributed by atoms with Crippen molar-refractivity contribution in [3.63, 3.8) is 0 Å². The number of nitrogens with zero attached hydrogens (tertiary/aromatic N) is 3. The fourth-order valence-corrected chi connectivity index (χ4v) is 5.54. The Hall–Kier alpha value is -2.47. The van der Waals surface area contributed by atoms with E-state index in [2.05, 4.69) is 23.0 Å². The van der Waals surface area contributed by atoms with E-state index in [1.54, 1.807) is 11.3 Å². The van der Waals surface area contributed by atoms with Crippen LogP contribution in [0, 0.1) is 0 Å². The Labute approximate surface area is 162 Å². The van der Waals surface area contributed by atoms with Gasteiger partial charge in [-0.15, -0.1) is 11.3 Å². The van der Waals surface area contributed by atoms with Crippen LogP contribution in [0.5, 0.6) is 5.88 Å². The quantitative estimate of drug-likeness (QED) is 0.692. The molecule has 5 rings (SSSR count). The van der Waals surface area contributed by atoms with E-state index in [0.717, 1.165) is 35.2 Å². The average Bonchev–Trinajstić information content (AvgIpc) is 3.23. The number of rotatable bonds is 3. The monoisotopic (exact) mass is 379 g/mol. The fraction of sp³-hybridized carbons (Fsp3) is 0.381. The Morgan fingerprint density at radius 2 is 2.11 bits per heavy atom. The van der Waals surface area contributed by atoms with Gasteiger partial charge < -0.3 is 9.64 Å². The third-order valence-electron chi connectivity index (χ3n) is 5.52. The molecule has 0 saturated carbocycles. The van der Waals surface area contributed by atoms with Crippen molar-refractivity contribution in [2.24, 2.45) is 0 Å². The van der Waals surface area contributed by atoms with Crippen molar-refractivity contribution in [2.45, 2.75) is 45.1 Å². The Balaban J connectivity index is 1.41. The van der Waals surface area contributed by atoms with Crippen LogP contribution in [0.15, 0.2) is 30.6 Å². The predicted octanol–water partition coefficient (Wildman–Crippen LogP) is 3.93. The summed E-state index contributed by atoms with van der Waals surface area (Å²) >= 11 is 1.74. The molecule has 3 aromatic rings. The molecule has 2 aliphatic rings. The molecule has 1 aliphatic carbocycles.